The molecule has 1 aromatic carbocycles. The molecule has 3 atom stereocenters. The Labute approximate surface area is 183 Å². The lowest BCUT2D eigenvalue weighted by Crippen LogP contribution is -2.31. The number of fused-ring (bicyclic) bond motifs is 2. The molecule has 3 aliphatic rings. The van der Waals surface area contributed by atoms with Gasteiger partial charge in [0.05, 0.1) is 0 Å². The largest absolute Gasteiger partial charge is 0.483 e. The normalized spacial score (nSPS) is 24.9. The van der Waals surface area contributed by atoms with Gasteiger partial charge in [-0.3, -0.25) is 4.79 Å². The Morgan fingerprint density at radius 1 is 1.03 bits per heavy atom. The summed E-state index contributed by atoms with van der Waals surface area (Å²) in [4.78, 5) is 12.1. The summed E-state index contributed by atoms with van der Waals surface area (Å²) in [6, 6.07) is 6.48. The second-order valence-corrected chi connectivity index (χ2v) is 10.2. The van der Waals surface area contributed by atoms with E-state index in [-0.39, 0.29) is 12.5 Å². The summed E-state index contributed by atoms with van der Waals surface area (Å²) in [5.74, 6) is 4.29. The van der Waals surface area contributed by atoms with Crippen molar-refractivity contribution in [3.8, 4) is 5.75 Å². The Hall–Kier alpha value is -1.51. The molecule has 2 saturated carbocycles. The number of carbonyl (C=O) groups is 1. The molecular weight excluding hydrogens is 370 g/mol. The molecule has 1 N–H and O–H groups in total. The fourth-order valence-electron chi connectivity index (χ4n) is 5.83. The zero-order chi connectivity index (χ0) is 20.8. The van der Waals surface area contributed by atoms with E-state index in [4.69, 9.17) is 4.74 Å². The number of benzene rings is 1. The summed E-state index contributed by atoms with van der Waals surface area (Å²) in [7, 11) is 0. The highest BCUT2D eigenvalue weighted by atomic mass is 16.5. The Bertz CT molecular complexity index is 696. The van der Waals surface area contributed by atoms with Gasteiger partial charge in [0.15, 0.2) is 6.61 Å². The summed E-state index contributed by atoms with van der Waals surface area (Å²) >= 11 is 0. The smallest absolute Gasteiger partial charge is 0.257 e. The lowest BCUT2D eigenvalue weighted by atomic mass is 9.73. The van der Waals surface area contributed by atoms with Crippen LogP contribution in [0.25, 0.3) is 0 Å². The van der Waals surface area contributed by atoms with Crippen LogP contribution in [0.2, 0.25) is 0 Å². The van der Waals surface area contributed by atoms with Gasteiger partial charge in [-0.25, -0.2) is 0 Å². The van der Waals surface area contributed by atoms with Crippen LogP contribution in [0.3, 0.4) is 0 Å². The summed E-state index contributed by atoms with van der Waals surface area (Å²) in [5, 5.41) is 3.01. The van der Waals surface area contributed by atoms with Gasteiger partial charge >= 0.3 is 0 Å². The Morgan fingerprint density at radius 3 is 2.70 bits per heavy atom. The van der Waals surface area contributed by atoms with E-state index < -0.39 is 0 Å². The summed E-state index contributed by atoms with van der Waals surface area (Å²) in [6.45, 7) is 3.26. The maximum atomic E-state index is 12.1. The average Bonchev–Trinajstić information content (AvgIpc) is 3.52. The lowest BCUT2D eigenvalue weighted by Gasteiger charge is -2.32. The Kier molecular flexibility index (Phi) is 7.73. The predicted octanol–water partition coefficient (Wildman–Crippen LogP) is 6.08. The minimum atomic E-state index is 0.0213. The van der Waals surface area contributed by atoms with Crippen molar-refractivity contribution >= 4 is 5.91 Å². The van der Waals surface area contributed by atoms with E-state index >= 15 is 0 Å². The fraction of sp³-hybridized carbons (Fsp3) is 0.741. The van der Waals surface area contributed by atoms with Crippen molar-refractivity contribution in [2.45, 2.75) is 90.4 Å². The van der Waals surface area contributed by atoms with Gasteiger partial charge in [-0.1, -0.05) is 64.0 Å². The third-order valence-corrected chi connectivity index (χ3v) is 7.84. The molecule has 1 aromatic rings. The number of unbranched alkanes of at least 4 members (excludes halogenated alkanes) is 5. The fourth-order valence-corrected chi connectivity index (χ4v) is 5.83. The molecule has 3 unspecified atom stereocenters. The summed E-state index contributed by atoms with van der Waals surface area (Å²) < 4.78 is 5.99. The first-order valence-corrected chi connectivity index (χ1v) is 12.7. The molecule has 0 heterocycles. The van der Waals surface area contributed by atoms with E-state index in [1.165, 1.54) is 88.2 Å². The highest BCUT2D eigenvalue weighted by Crippen LogP contribution is 2.48. The first-order valence-electron chi connectivity index (χ1n) is 12.7. The second-order valence-electron chi connectivity index (χ2n) is 10.2. The third kappa shape index (κ3) is 5.80. The number of rotatable bonds is 12. The van der Waals surface area contributed by atoms with Crippen molar-refractivity contribution < 1.29 is 9.53 Å². The van der Waals surface area contributed by atoms with E-state index in [9.17, 15) is 4.79 Å². The van der Waals surface area contributed by atoms with Crippen LogP contribution in [0, 0.1) is 23.7 Å². The molecule has 3 aliphatic carbocycles. The second kappa shape index (κ2) is 10.7. The van der Waals surface area contributed by atoms with E-state index in [0.29, 0.717) is 5.92 Å². The monoisotopic (exact) mass is 411 g/mol. The van der Waals surface area contributed by atoms with Crippen LogP contribution >= 0.6 is 0 Å². The molecule has 4 rings (SSSR count). The number of hydrogen-bond acceptors (Lipinski definition) is 2. The summed E-state index contributed by atoms with van der Waals surface area (Å²) in [6.07, 6.45) is 17.5. The van der Waals surface area contributed by atoms with E-state index in [1.54, 1.807) is 0 Å². The van der Waals surface area contributed by atoms with Gasteiger partial charge in [-0.15, -0.1) is 0 Å². The first-order chi connectivity index (χ1) is 14.7. The maximum absolute atomic E-state index is 12.1. The predicted molar refractivity (Wildman–Crippen MR) is 123 cm³/mol. The molecule has 2 fully saturated rings. The van der Waals surface area contributed by atoms with Gasteiger partial charge in [-0.05, 0) is 79.4 Å². The van der Waals surface area contributed by atoms with Crippen molar-refractivity contribution in [1.29, 1.82) is 0 Å². The Morgan fingerprint density at radius 2 is 1.87 bits per heavy atom. The zero-order valence-corrected chi connectivity index (χ0v) is 19.0. The number of carbonyl (C=O) groups excluding carboxylic acids is 1. The third-order valence-electron chi connectivity index (χ3n) is 7.84. The van der Waals surface area contributed by atoms with Crippen LogP contribution < -0.4 is 10.1 Å². The topological polar surface area (TPSA) is 38.3 Å². The van der Waals surface area contributed by atoms with E-state index in [1.807, 2.05) is 0 Å². The molecule has 30 heavy (non-hydrogen) atoms. The van der Waals surface area contributed by atoms with Crippen LogP contribution in [0.1, 0.15) is 88.7 Å². The number of nitrogens with one attached hydrogen (secondary N) is 1. The van der Waals surface area contributed by atoms with Crippen molar-refractivity contribution in [2.75, 3.05) is 13.2 Å². The van der Waals surface area contributed by atoms with Crippen molar-refractivity contribution in [3.63, 3.8) is 0 Å². The highest BCUT2D eigenvalue weighted by molar-refractivity contribution is 5.77. The quantitative estimate of drug-likeness (QED) is 0.423. The molecule has 0 aliphatic heterocycles. The number of hydrogen-bond donors (Lipinski definition) is 1. The molecule has 3 nitrogen and oxygen atoms in total. The van der Waals surface area contributed by atoms with Gasteiger partial charge in [-0.2, -0.15) is 0 Å². The minimum absolute atomic E-state index is 0.0213. The Balaban J connectivity index is 1.27. The van der Waals surface area contributed by atoms with Gasteiger partial charge in [0.1, 0.15) is 5.75 Å². The van der Waals surface area contributed by atoms with Crippen LogP contribution in [-0.2, 0) is 17.6 Å². The van der Waals surface area contributed by atoms with Gasteiger partial charge in [0, 0.05) is 6.54 Å². The van der Waals surface area contributed by atoms with Crippen molar-refractivity contribution in [1.82, 2.24) is 5.32 Å². The molecule has 0 saturated heterocycles. The SMILES string of the molecule is CCCCCCCCC1CCC2Cc3c(cccc3OCC(=O)NCC3CC3)CC12. The standard InChI is InChI=1S/C27H41NO2/c1-2-3-4-5-6-7-9-21-14-15-23-17-25-22(16-24(21)23)10-8-11-26(25)30-19-27(29)28-18-20-12-13-20/h8,10-11,20-21,23-24H,2-7,9,12-19H2,1H3,(H,28,29). The van der Waals surface area contributed by atoms with Crippen LogP contribution in [-0.4, -0.2) is 19.1 Å². The van der Waals surface area contributed by atoms with Crippen LogP contribution in [0.15, 0.2) is 18.2 Å². The number of amides is 1. The van der Waals surface area contributed by atoms with Gasteiger partial charge in [0.25, 0.3) is 5.91 Å². The molecule has 1 amide bonds. The van der Waals surface area contributed by atoms with Crippen LogP contribution in [0.4, 0.5) is 0 Å². The average molecular weight is 412 g/mol. The van der Waals surface area contributed by atoms with E-state index in [0.717, 1.165) is 36.5 Å². The van der Waals surface area contributed by atoms with Gasteiger partial charge in [0.2, 0.25) is 0 Å². The summed E-state index contributed by atoms with van der Waals surface area (Å²) in [5.41, 5.74) is 2.86. The molecule has 0 bridgehead atoms. The van der Waals surface area contributed by atoms with Crippen molar-refractivity contribution in [3.05, 3.63) is 29.3 Å². The molecule has 0 radical (unpaired) electrons. The van der Waals surface area contributed by atoms with Gasteiger partial charge < -0.3 is 10.1 Å². The van der Waals surface area contributed by atoms with Crippen LogP contribution in [0.5, 0.6) is 5.75 Å². The molecule has 166 valence electrons. The lowest BCUT2D eigenvalue weighted by molar-refractivity contribution is -0.123. The first kappa shape index (κ1) is 21.7. The van der Waals surface area contributed by atoms with Crippen molar-refractivity contribution in [2.24, 2.45) is 23.7 Å². The van der Waals surface area contributed by atoms with E-state index in [2.05, 4.69) is 30.4 Å². The highest BCUT2D eigenvalue weighted by Gasteiger charge is 2.39. The molecule has 0 aromatic heterocycles. The maximum Gasteiger partial charge on any atom is 0.257 e. The number of ether oxygens (including phenoxy) is 1. The molecular formula is C27H41NO2. The molecule has 0 spiro atoms. The molecule has 3 heteroatoms. The zero-order valence-electron chi connectivity index (χ0n) is 19.0. The minimum Gasteiger partial charge on any atom is -0.483 e.